The molecule has 1 fully saturated rings. The van der Waals surface area contributed by atoms with Gasteiger partial charge in [0.2, 0.25) is 5.79 Å². The third kappa shape index (κ3) is 40.9. The maximum Gasteiger partial charge on any atom is 0.323 e. The van der Waals surface area contributed by atoms with Crippen LogP contribution in [-0.4, -0.2) is 105 Å². The molecule has 3 unspecified atom stereocenters. The van der Waals surface area contributed by atoms with Crippen molar-refractivity contribution in [2.24, 2.45) is 0 Å². The van der Waals surface area contributed by atoms with Gasteiger partial charge in [-0.1, -0.05) is 227 Å². The molecule has 0 aromatic heterocycles. The second-order valence-corrected chi connectivity index (χ2v) is 23.3. The van der Waals surface area contributed by atoms with Gasteiger partial charge in [0.15, 0.2) is 0 Å². The minimum Gasteiger partial charge on any atom is -0.466 e. The Kier molecular flexibility index (Phi) is 48.1. The lowest BCUT2D eigenvalue weighted by molar-refractivity contribution is -0.259. The maximum atomic E-state index is 13.9. The molecule has 1 aliphatic heterocycles. The van der Waals surface area contributed by atoms with Crippen molar-refractivity contribution < 1.29 is 42.9 Å². The predicted molar refractivity (Wildman–Crippen MR) is 316 cm³/mol. The summed E-state index contributed by atoms with van der Waals surface area (Å²) in [5, 5.41) is 0. The molecule has 0 spiro atoms. The molecular weight excluding hydrogens is 953 g/mol. The van der Waals surface area contributed by atoms with E-state index in [9.17, 15) is 19.2 Å². The van der Waals surface area contributed by atoms with E-state index in [-0.39, 0.29) is 36.1 Å². The maximum absolute atomic E-state index is 13.9. The average Bonchev–Trinajstić information content (AvgIpc) is 3.80. The number of likely N-dealkylation sites (tertiary alicyclic amines) is 1. The molecule has 448 valence electrons. The zero-order valence-corrected chi connectivity index (χ0v) is 51.2. The zero-order chi connectivity index (χ0) is 55.6. The largest absolute Gasteiger partial charge is 0.466 e. The van der Waals surface area contributed by atoms with Crippen LogP contribution in [0.25, 0.3) is 0 Å². The first-order valence-electron chi connectivity index (χ1n) is 32.8. The second-order valence-electron chi connectivity index (χ2n) is 23.3. The number of rotatable bonds is 56. The Morgan fingerprint density at radius 3 is 1.42 bits per heavy atom. The Hall–Kier alpha value is -2.24. The third-order valence-electron chi connectivity index (χ3n) is 15.6. The first-order valence-corrected chi connectivity index (χ1v) is 32.8. The fourth-order valence-corrected chi connectivity index (χ4v) is 10.7. The van der Waals surface area contributed by atoms with Gasteiger partial charge in [-0.3, -0.25) is 24.1 Å². The van der Waals surface area contributed by atoms with E-state index < -0.39 is 11.8 Å². The summed E-state index contributed by atoms with van der Waals surface area (Å²) >= 11 is 0. The van der Waals surface area contributed by atoms with Crippen molar-refractivity contribution >= 4 is 23.9 Å². The first-order chi connectivity index (χ1) is 37.0. The normalized spacial score (nSPS) is 16.0. The molecule has 0 saturated carbocycles. The standard InChI is InChI=1S/C65H124N2O9/c1-8-13-18-23-26-27-28-33-43-54-72-61(68)47-39-35-42-52-67-57-59(74-62(69)49-53-66(6)7)56-60(67)64(71)73-55-44-34-29-31-38-48-63(70)76-65(50-40-22-17-12-5,51-41-32-25-20-15-10-3)75-58(45-36-21-16-11-4)46-37-30-24-19-14-9-2/h58-60H,8-57H2,1-7H3/t58?,59?,60-,65?/m0/s1. The van der Waals surface area contributed by atoms with Gasteiger partial charge < -0.3 is 28.6 Å². The van der Waals surface area contributed by atoms with E-state index in [0.717, 1.165) is 116 Å². The third-order valence-corrected chi connectivity index (χ3v) is 15.6. The minimum absolute atomic E-state index is 0.121. The highest BCUT2D eigenvalue weighted by atomic mass is 16.7. The van der Waals surface area contributed by atoms with Crippen molar-refractivity contribution in [2.75, 3.05) is 46.9 Å². The van der Waals surface area contributed by atoms with Crippen LogP contribution in [0, 0.1) is 0 Å². The van der Waals surface area contributed by atoms with Crippen LogP contribution in [0.2, 0.25) is 0 Å². The molecule has 0 aromatic carbocycles. The highest BCUT2D eigenvalue weighted by Crippen LogP contribution is 2.34. The van der Waals surface area contributed by atoms with Crippen LogP contribution in [0.4, 0.5) is 0 Å². The Labute approximate surface area is 469 Å². The fourth-order valence-electron chi connectivity index (χ4n) is 10.7. The summed E-state index contributed by atoms with van der Waals surface area (Å²) < 4.78 is 31.1. The monoisotopic (exact) mass is 1080 g/mol. The van der Waals surface area contributed by atoms with Crippen molar-refractivity contribution in [3.63, 3.8) is 0 Å². The number of ether oxygens (including phenoxy) is 5. The Morgan fingerprint density at radius 1 is 0.474 bits per heavy atom. The highest BCUT2D eigenvalue weighted by molar-refractivity contribution is 5.76. The first kappa shape index (κ1) is 71.8. The Bertz CT molecular complexity index is 1360. The van der Waals surface area contributed by atoms with E-state index in [1.54, 1.807) is 0 Å². The molecule has 0 aliphatic carbocycles. The molecule has 0 radical (unpaired) electrons. The SMILES string of the molecule is CCCCCCCCCCCOC(=O)CCCCCN1CC(OC(=O)CCN(C)C)C[C@H]1C(=O)OCCCCCCCC(=O)OC(CCCCCC)(CCCCCCCC)OC(CCCCCC)CCCCCCCC. The van der Waals surface area contributed by atoms with Crippen LogP contribution in [0.15, 0.2) is 0 Å². The van der Waals surface area contributed by atoms with Gasteiger partial charge in [-0.15, -0.1) is 0 Å². The van der Waals surface area contributed by atoms with Crippen LogP contribution < -0.4 is 0 Å². The number of hydrogen-bond acceptors (Lipinski definition) is 11. The van der Waals surface area contributed by atoms with E-state index in [4.69, 9.17) is 23.7 Å². The summed E-state index contributed by atoms with van der Waals surface area (Å²) in [6.07, 6.45) is 46.9. The molecule has 4 atom stereocenters. The molecule has 76 heavy (non-hydrogen) atoms. The molecule has 0 N–H and O–H groups in total. The predicted octanol–water partition coefficient (Wildman–Crippen LogP) is 17.5. The summed E-state index contributed by atoms with van der Waals surface area (Å²) in [6.45, 7) is 13.9. The van der Waals surface area contributed by atoms with Crippen molar-refractivity contribution in [2.45, 2.75) is 348 Å². The lowest BCUT2D eigenvalue weighted by Crippen LogP contribution is -2.42. The van der Waals surface area contributed by atoms with Crippen LogP contribution in [-0.2, 0) is 42.9 Å². The molecule has 1 aliphatic rings. The topological polar surface area (TPSA) is 121 Å². The number of nitrogens with zero attached hydrogens (tertiary/aromatic N) is 2. The lowest BCUT2D eigenvalue weighted by Gasteiger charge is -2.37. The van der Waals surface area contributed by atoms with Gasteiger partial charge in [-0.2, -0.15) is 0 Å². The average molecular weight is 1080 g/mol. The number of hydrogen-bond donors (Lipinski definition) is 0. The number of carbonyl (C=O) groups is 4. The summed E-state index contributed by atoms with van der Waals surface area (Å²) in [5.41, 5.74) is 0. The minimum atomic E-state index is -0.846. The second kappa shape index (κ2) is 50.9. The Balaban J connectivity index is 2.74. The fraction of sp³-hybridized carbons (Fsp3) is 0.938. The molecule has 0 bridgehead atoms. The van der Waals surface area contributed by atoms with Crippen molar-refractivity contribution in [3.05, 3.63) is 0 Å². The molecule has 11 heteroatoms. The van der Waals surface area contributed by atoms with Crippen LogP contribution in [0.1, 0.15) is 324 Å². The molecule has 1 heterocycles. The molecular formula is C65H124N2O9. The summed E-state index contributed by atoms with van der Waals surface area (Å²) in [5.74, 6) is -1.60. The number of carbonyl (C=O) groups excluding carboxylic acids is 4. The lowest BCUT2D eigenvalue weighted by atomic mass is 9.97. The Morgan fingerprint density at radius 2 is 0.895 bits per heavy atom. The highest BCUT2D eigenvalue weighted by Gasteiger charge is 2.40. The molecule has 0 aromatic rings. The molecule has 1 rings (SSSR count). The van der Waals surface area contributed by atoms with Gasteiger partial charge in [-0.25, -0.2) is 0 Å². The molecule has 1 saturated heterocycles. The van der Waals surface area contributed by atoms with Gasteiger partial charge in [0.25, 0.3) is 0 Å². The van der Waals surface area contributed by atoms with Gasteiger partial charge >= 0.3 is 23.9 Å². The van der Waals surface area contributed by atoms with Crippen molar-refractivity contribution in [3.8, 4) is 0 Å². The zero-order valence-electron chi connectivity index (χ0n) is 51.2. The van der Waals surface area contributed by atoms with E-state index in [1.165, 1.54) is 148 Å². The smallest absolute Gasteiger partial charge is 0.323 e. The van der Waals surface area contributed by atoms with Gasteiger partial charge in [0.1, 0.15) is 12.1 Å². The number of esters is 4. The van der Waals surface area contributed by atoms with Crippen molar-refractivity contribution in [1.82, 2.24) is 9.80 Å². The molecule has 0 amide bonds. The van der Waals surface area contributed by atoms with Crippen molar-refractivity contribution in [1.29, 1.82) is 0 Å². The van der Waals surface area contributed by atoms with Crippen LogP contribution in [0.5, 0.6) is 0 Å². The van der Waals surface area contributed by atoms with E-state index in [2.05, 4.69) is 39.5 Å². The summed E-state index contributed by atoms with van der Waals surface area (Å²) in [7, 11) is 3.86. The van der Waals surface area contributed by atoms with Crippen LogP contribution >= 0.6 is 0 Å². The van der Waals surface area contributed by atoms with Gasteiger partial charge in [0, 0.05) is 45.2 Å². The van der Waals surface area contributed by atoms with Crippen LogP contribution in [0.3, 0.4) is 0 Å². The summed E-state index contributed by atoms with van der Waals surface area (Å²) in [6, 6.07) is -0.463. The van der Waals surface area contributed by atoms with E-state index in [1.807, 2.05) is 19.0 Å². The molecule has 11 nitrogen and oxygen atoms in total. The van der Waals surface area contributed by atoms with E-state index in [0.29, 0.717) is 58.5 Å². The quantitative estimate of drug-likeness (QED) is 0.0250. The van der Waals surface area contributed by atoms with Gasteiger partial charge in [-0.05, 0) is 78.4 Å². The van der Waals surface area contributed by atoms with E-state index >= 15 is 0 Å². The van der Waals surface area contributed by atoms with Gasteiger partial charge in [0.05, 0.1) is 25.7 Å². The number of unbranched alkanes of at least 4 members (excludes halogenated alkanes) is 30. The summed E-state index contributed by atoms with van der Waals surface area (Å²) in [4.78, 5) is 56.6.